The third-order valence-corrected chi connectivity index (χ3v) is 5.34. The second-order valence-corrected chi connectivity index (χ2v) is 7.58. The van der Waals surface area contributed by atoms with Gasteiger partial charge in [0, 0.05) is 30.5 Å². The number of rotatable bonds is 4. The predicted molar refractivity (Wildman–Crippen MR) is 95.8 cm³/mol. The molecule has 7 heteroatoms. The Labute approximate surface area is 152 Å². The first kappa shape index (κ1) is 16.8. The molecule has 2 amide bonds. The molecule has 2 aliphatic rings. The van der Waals surface area contributed by atoms with E-state index in [1.807, 2.05) is 42.2 Å². The maximum Gasteiger partial charge on any atom is 0.229 e. The van der Waals surface area contributed by atoms with Crippen LogP contribution < -0.4 is 5.32 Å². The first-order chi connectivity index (χ1) is 12.5. The highest BCUT2D eigenvalue weighted by Crippen LogP contribution is 2.49. The van der Waals surface area contributed by atoms with E-state index in [9.17, 15) is 9.59 Å². The molecule has 1 aromatic heterocycles. The Morgan fingerprint density at radius 2 is 2.00 bits per heavy atom. The lowest BCUT2D eigenvalue weighted by atomic mass is 10.1. The fourth-order valence-electron chi connectivity index (χ4n) is 3.60. The molecule has 0 unspecified atom stereocenters. The molecule has 1 aliphatic carbocycles. The Balaban J connectivity index is 1.60. The fourth-order valence-corrected chi connectivity index (χ4v) is 3.60. The molecular formula is C19H23N5O2. The van der Waals surface area contributed by atoms with E-state index in [2.05, 4.69) is 20.5 Å². The number of benzene rings is 1. The highest BCUT2D eigenvalue weighted by atomic mass is 16.2. The topological polar surface area (TPSA) is 91.0 Å². The van der Waals surface area contributed by atoms with E-state index in [4.69, 9.17) is 0 Å². The summed E-state index contributed by atoms with van der Waals surface area (Å²) in [5, 5.41) is 10.3. The highest BCUT2D eigenvalue weighted by molar-refractivity contribution is 5.85. The maximum absolute atomic E-state index is 13.0. The van der Waals surface area contributed by atoms with Crippen molar-refractivity contribution in [2.24, 2.45) is 5.41 Å². The molecule has 1 saturated carbocycles. The average molecular weight is 353 g/mol. The minimum atomic E-state index is -0.258. The van der Waals surface area contributed by atoms with Gasteiger partial charge in [0.05, 0.1) is 6.04 Å². The lowest BCUT2D eigenvalue weighted by Crippen LogP contribution is -2.40. The van der Waals surface area contributed by atoms with Crippen LogP contribution in [0.1, 0.15) is 45.0 Å². The molecule has 136 valence electrons. The Bertz CT molecular complexity index is 827. The van der Waals surface area contributed by atoms with Crippen LogP contribution in [0.5, 0.6) is 0 Å². The molecule has 26 heavy (non-hydrogen) atoms. The summed E-state index contributed by atoms with van der Waals surface area (Å²) in [7, 11) is 0. The minimum Gasteiger partial charge on any atom is -0.352 e. The second-order valence-electron chi connectivity index (χ2n) is 7.58. The van der Waals surface area contributed by atoms with Crippen LogP contribution in [0.15, 0.2) is 30.3 Å². The molecular weight excluding hydrogens is 330 g/mol. The summed E-state index contributed by atoms with van der Waals surface area (Å²) >= 11 is 0. The van der Waals surface area contributed by atoms with E-state index < -0.39 is 0 Å². The summed E-state index contributed by atoms with van der Waals surface area (Å²) in [6.07, 6.45) is 2.49. The number of H-pyrrole nitrogens is 1. The number of amides is 2. The van der Waals surface area contributed by atoms with Crippen molar-refractivity contribution in [3.8, 4) is 11.4 Å². The Morgan fingerprint density at radius 1 is 1.27 bits per heavy atom. The number of likely N-dealkylation sites (tertiary alicyclic amines) is 1. The van der Waals surface area contributed by atoms with Gasteiger partial charge in [-0.1, -0.05) is 37.3 Å². The minimum absolute atomic E-state index is 0.0610. The number of hydrogen-bond acceptors (Lipinski definition) is 4. The van der Waals surface area contributed by atoms with Gasteiger partial charge in [0.15, 0.2) is 5.82 Å². The zero-order valence-corrected chi connectivity index (χ0v) is 15.0. The molecule has 7 nitrogen and oxygen atoms in total. The number of aromatic nitrogens is 3. The van der Waals surface area contributed by atoms with Crippen molar-refractivity contribution in [1.82, 2.24) is 25.4 Å². The molecule has 2 atom stereocenters. The van der Waals surface area contributed by atoms with E-state index in [0.717, 1.165) is 18.4 Å². The molecule has 1 aromatic carbocycles. The second kappa shape index (κ2) is 6.23. The van der Waals surface area contributed by atoms with Crippen molar-refractivity contribution in [2.75, 3.05) is 6.54 Å². The number of nitrogens with one attached hydrogen (secondary N) is 2. The molecule has 2 aromatic rings. The molecule has 4 rings (SSSR count). The summed E-state index contributed by atoms with van der Waals surface area (Å²) in [5.41, 5.74) is 0.671. The van der Waals surface area contributed by atoms with Crippen molar-refractivity contribution in [3.63, 3.8) is 0 Å². The molecule has 1 saturated heterocycles. The predicted octanol–water partition coefficient (Wildman–Crippen LogP) is 2.05. The van der Waals surface area contributed by atoms with E-state index >= 15 is 0 Å². The molecule has 2 N–H and O–H groups in total. The Kier molecular flexibility index (Phi) is 4.01. The highest BCUT2D eigenvalue weighted by Gasteiger charge is 2.51. The SMILES string of the molecule is CC(=O)N[C@H]1C[C@@H](c2nc(-c3ccccc3)n[nH]2)N(C(=O)C2(C)CC2)C1. The third-order valence-electron chi connectivity index (χ3n) is 5.34. The van der Waals surface area contributed by atoms with Crippen molar-refractivity contribution < 1.29 is 9.59 Å². The molecule has 0 spiro atoms. The van der Waals surface area contributed by atoms with Gasteiger partial charge < -0.3 is 10.2 Å². The Hall–Kier alpha value is -2.70. The van der Waals surface area contributed by atoms with E-state index in [-0.39, 0.29) is 29.3 Å². The van der Waals surface area contributed by atoms with Crippen LogP contribution >= 0.6 is 0 Å². The maximum atomic E-state index is 13.0. The Morgan fingerprint density at radius 3 is 2.65 bits per heavy atom. The van der Waals surface area contributed by atoms with Gasteiger partial charge in [-0.3, -0.25) is 14.7 Å². The van der Waals surface area contributed by atoms with Gasteiger partial charge in [-0.05, 0) is 19.3 Å². The first-order valence-electron chi connectivity index (χ1n) is 9.02. The number of carbonyl (C=O) groups excluding carboxylic acids is 2. The lowest BCUT2D eigenvalue weighted by molar-refractivity contribution is -0.137. The summed E-state index contributed by atoms with van der Waals surface area (Å²) in [4.78, 5) is 30.9. The first-order valence-corrected chi connectivity index (χ1v) is 9.02. The number of nitrogens with zero attached hydrogens (tertiary/aromatic N) is 3. The van der Waals surface area contributed by atoms with Crippen LogP contribution in [0.2, 0.25) is 0 Å². The fraction of sp³-hybridized carbons (Fsp3) is 0.474. The van der Waals surface area contributed by atoms with E-state index in [1.165, 1.54) is 6.92 Å². The molecule has 0 radical (unpaired) electrons. The zero-order chi connectivity index (χ0) is 18.3. The summed E-state index contributed by atoms with van der Waals surface area (Å²) in [6, 6.07) is 9.49. The van der Waals surface area contributed by atoms with Gasteiger partial charge in [0.1, 0.15) is 5.82 Å². The van der Waals surface area contributed by atoms with E-state index in [1.54, 1.807) is 0 Å². The zero-order valence-electron chi connectivity index (χ0n) is 15.0. The smallest absolute Gasteiger partial charge is 0.229 e. The standard InChI is InChI=1S/C19H23N5O2/c1-12(25)20-14-10-15(24(11-14)18(26)19(2)8-9-19)17-21-16(22-23-17)13-6-4-3-5-7-13/h3-7,14-15H,8-11H2,1-2H3,(H,20,25)(H,21,22,23)/t14-,15-/m0/s1. The number of carbonyl (C=O) groups is 2. The van der Waals surface area contributed by atoms with Crippen molar-refractivity contribution >= 4 is 11.8 Å². The van der Waals surface area contributed by atoms with E-state index in [0.29, 0.717) is 24.6 Å². The van der Waals surface area contributed by atoms with Crippen molar-refractivity contribution in [3.05, 3.63) is 36.2 Å². The van der Waals surface area contributed by atoms with Crippen LogP contribution in [-0.4, -0.2) is 44.5 Å². The molecule has 1 aliphatic heterocycles. The number of hydrogen-bond donors (Lipinski definition) is 2. The molecule has 2 heterocycles. The van der Waals surface area contributed by atoms with Crippen molar-refractivity contribution in [2.45, 2.75) is 45.2 Å². The van der Waals surface area contributed by atoms with Crippen molar-refractivity contribution in [1.29, 1.82) is 0 Å². The van der Waals surface area contributed by atoms with Crippen LogP contribution in [0.4, 0.5) is 0 Å². The van der Waals surface area contributed by atoms with Crippen LogP contribution in [0.3, 0.4) is 0 Å². The summed E-state index contributed by atoms with van der Waals surface area (Å²) in [6.45, 7) is 4.03. The summed E-state index contributed by atoms with van der Waals surface area (Å²) in [5.74, 6) is 1.36. The van der Waals surface area contributed by atoms with Crippen LogP contribution in [-0.2, 0) is 9.59 Å². The van der Waals surface area contributed by atoms with Gasteiger partial charge in [-0.25, -0.2) is 4.98 Å². The average Bonchev–Trinajstić information content (AvgIpc) is 3.05. The largest absolute Gasteiger partial charge is 0.352 e. The third kappa shape index (κ3) is 3.09. The van der Waals surface area contributed by atoms with Gasteiger partial charge >= 0.3 is 0 Å². The lowest BCUT2D eigenvalue weighted by Gasteiger charge is -2.25. The monoisotopic (exact) mass is 353 g/mol. The van der Waals surface area contributed by atoms with Gasteiger partial charge in [0.2, 0.25) is 11.8 Å². The van der Waals surface area contributed by atoms with Gasteiger partial charge in [0.25, 0.3) is 0 Å². The number of aromatic amines is 1. The van der Waals surface area contributed by atoms with Gasteiger partial charge in [-0.15, -0.1) is 0 Å². The quantitative estimate of drug-likeness (QED) is 0.880. The van der Waals surface area contributed by atoms with Gasteiger partial charge in [-0.2, -0.15) is 5.10 Å². The normalized spacial score (nSPS) is 23.7. The summed E-state index contributed by atoms with van der Waals surface area (Å²) < 4.78 is 0. The molecule has 0 bridgehead atoms. The molecule has 2 fully saturated rings. The van der Waals surface area contributed by atoms with Crippen LogP contribution in [0, 0.1) is 5.41 Å². The van der Waals surface area contributed by atoms with Crippen LogP contribution in [0.25, 0.3) is 11.4 Å².